The van der Waals surface area contributed by atoms with E-state index < -0.39 is 0 Å². The van der Waals surface area contributed by atoms with Gasteiger partial charge in [-0.05, 0) is 25.3 Å². The van der Waals surface area contributed by atoms with Crippen LogP contribution in [-0.4, -0.2) is 22.3 Å². The van der Waals surface area contributed by atoms with Crippen molar-refractivity contribution < 1.29 is 4.79 Å². The van der Waals surface area contributed by atoms with Crippen LogP contribution in [0.2, 0.25) is 5.02 Å². The Hall–Kier alpha value is -1.26. The summed E-state index contributed by atoms with van der Waals surface area (Å²) in [5.74, 6) is 0. The summed E-state index contributed by atoms with van der Waals surface area (Å²) in [6, 6.07) is 5.77. The Morgan fingerprint density at radius 3 is 2.83 bits per heavy atom. The molecule has 0 spiro atoms. The Kier molecular flexibility index (Phi) is 4.09. The smallest absolute Gasteiger partial charge is 0.153 e. The fraction of sp³-hybridized carbons (Fsp3) is 0.231. The minimum Gasteiger partial charge on any atom is -0.298 e. The maximum absolute atomic E-state index is 11.1. The first-order valence-electron chi connectivity index (χ1n) is 5.56. The van der Waals surface area contributed by atoms with Crippen molar-refractivity contribution in [1.82, 2.24) is 9.78 Å². The molecule has 3 nitrogen and oxygen atoms in total. The number of nitrogens with zero attached hydrogens (tertiary/aromatic N) is 2. The second-order valence-corrected chi connectivity index (χ2v) is 5.04. The lowest BCUT2D eigenvalue weighted by Crippen LogP contribution is -1.94. The van der Waals surface area contributed by atoms with E-state index in [1.54, 1.807) is 22.6 Å². The van der Waals surface area contributed by atoms with Crippen LogP contribution in [0.15, 0.2) is 29.3 Å². The van der Waals surface area contributed by atoms with E-state index in [0.717, 1.165) is 23.3 Å². The van der Waals surface area contributed by atoms with Gasteiger partial charge in [-0.15, -0.1) is 11.8 Å². The summed E-state index contributed by atoms with van der Waals surface area (Å²) in [7, 11) is 0. The summed E-state index contributed by atoms with van der Waals surface area (Å²) in [4.78, 5) is 12.2. The van der Waals surface area contributed by atoms with Crippen molar-refractivity contribution >= 4 is 29.6 Å². The highest BCUT2D eigenvalue weighted by Gasteiger charge is 2.13. The molecular formula is C13H13ClN2OS. The van der Waals surface area contributed by atoms with Crippen LogP contribution < -0.4 is 0 Å². The number of hydrogen-bond acceptors (Lipinski definition) is 3. The van der Waals surface area contributed by atoms with E-state index in [-0.39, 0.29) is 0 Å². The second-order valence-electron chi connectivity index (χ2n) is 3.75. The van der Waals surface area contributed by atoms with Gasteiger partial charge in [-0.2, -0.15) is 5.10 Å². The van der Waals surface area contributed by atoms with Gasteiger partial charge in [-0.3, -0.25) is 9.48 Å². The number of benzene rings is 1. The van der Waals surface area contributed by atoms with Crippen LogP contribution in [0.3, 0.4) is 0 Å². The van der Waals surface area contributed by atoms with Crippen LogP contribution in [-0.2, 0) is 6.54 Å². The molecule has 0 radical (unpaired) electrons. The molecule has 18 heavy (non-hydrogen) atoms. The summed E-state index contributed by atoms with van der Waals surface area (Å²) in [5.41, 5.74) is 2.00. The van der Waals surface area contributed by atoms with Gasteiger partial charge in [0.15, 0.2) is 6.29 Å². The number of thioether (sulfide) groups is 1. The minimum atomic E-state index is 0.565. The summed E-state index contributed by atoms with van der Waals surface area (Å²) in [6.07, 6.45) is 4.54. The average molecular weight is 281 g/mol. The molecule has 2 rings (SSSR count). The van der Waals surface area contributed by atoms with Gasteiger partial charge < -0.3 is 0 Å². The molecule has 0 fully saturated rings. The quantitative estimate of drug-likeness (QED) is 0.632. The molecular weight excluding hydrogens is 268 g/mol. The number of rotatable bonds is 4. The number of halogens is 1. The van der Waals surface area contributed by atoms with Crippen LogP contribution >= 0.6 is 23.4 Å². The third-order valence-electron chi connectivity index (χ3n) is 2.67. The monoisotopic (exact) mass is 280 g/mol. The first-order chi connectivity index (χ1) is 8.69. The lowest BCUT2D eigenvalue weighted by molar-refractivity contribution is 0.112. The van der Waals surface area contributed by atoms with E-state index in [1.165, 1.54) is 0 Å². The van der Waals surface area contributed by atoms with Crippen LogP contribution in [0.1, 0.15) is 17.3 Å². The lowest BCUT2D eigenvalue weighted by atomic mass is 10.1. The van der Waals surface area contributed by atoms with Crippen molar-refractivity contribution in [3.8, 4) is 11.3 Å². The predicted octanol–water partition coefficient (Wildman–Crippen LogP) is 3.76. The highest BCUT2D eigenvalue weighted by Crippen LogP contribution is 2.31. The van der Waals surface area contributed by atoms with Gasteiger partial charge in [-0.1, -0.05) is 17.7 Å². The normalized spacial score (nSPS) is 10.6. The van der Waals surface area contributed by atoms with E-state index in [2.05, 4.69) is 5.10 Å². The van der Waals surface area contributed by atoms with E-state index >= 15 is 0 Å². The molecule has 0 atom stereocenters. The van der Waals surface area contributed by atoms with E-state index in [1.807, 2.05) is 31.4 Å². The van der Waals surface area contributed by atoms with Crippen molar-refractivity contribution in [1.29, 1.82) is 0 Å². The number of aryl methyl sites for hydroxylation is 1. The molecule has 0 unspecified atom stereocenters. The molecule has 1 aromatic carbocycles. The third-order valence-corrected chi connectivity index (χ3v) is 3.71. The van der Waals surface area contributed by atoms with Crippen LogP contribution in [0.5, 0.6) is 0 Å². The summed E-state index contributed by atoms with van der Waals surface area (Å²) in [5, 5.41) is 5.00. The van der Waals surface area contributed by atoms with E-state index in [0.29, 0.717) is 16.3 Å². The van der Waals surface area contributed by atoms with Crippen molar-refractivity contribution in [3.05, 3.63) is 35.0 Å². The Bertz CT molecular complexity index is 580. The molecule has 0 aliphatic heterocycles. The van der Waals surface area contributed by atoms with Gasteiger partial charge in [0.05, 0.1) is 10.6 Å². The van der Waals surface area contributed by atoms with Gasteiger partial charge in [-0.25, -0.2) is 0 Å². The molecule has 1 heterocycles. The largest absolute Gasteiger partial charge is 0.298 e. The SMILES string of the molecule is CCn1cc(C=O)c(-c2ccc(SC)cc2Cl)n1. The van der Waals surface area contributed by atoms with Crippen molar-refractivity contribution in [2.45, 2.75) is 18.4 Å². The fourth-order valence-corrected chi connectivity index (χ4v) is 2.48. The van der Waals surface area contributed by atoms with Crippen LogP contribution in [0.4, 0.5) is 0 Å². The lowest BCUT2D eigenvalue weighted by Gasteiger charge is -2.04. The molecule has 0 amide bonds. The second kappa shape index (κ2) is 5.59. The van der Waals surface area contributed by atoms with Gasteiger partial charge in [0.25, 0.3) is 0 Å². The zero-order chi connectivity index (χ0) is 13.1. The number of aldehydes is 1. The molecule has 94 valence electrons. The zero-order valence-electron chi connectivity index (χ0n) is 10.2. The molecule has 0 saturated carbocycles. The minimum absolute atomic E-state index is 0.565. The maximum atomic E-state index is 11.1. The number of aromatic nitrogens is 2. The number of carbonyl (C=O) groups excluding carboxylic acids is 1. The first-order valence-corrected chi connectivity index (χ1v) is 7.16. The highest BCUT2D eigenvalue weighted by atomic mass is 35.5. The van der Waals surface area contributed by atoms with E-state index in [4.69, 9.17) is 11.6 Å². The molecule has 0 saturated heterocycles. The summed E-state index contributed by atoms with van der Waals surface area (Å²) >= 11 is 7.87. The van der Waals surface area contributed by atoms with Crippen LogP contribution in [0, 0.1) is 0 Å². The standard InChI is InChI=1S/C13H13ClN2OS/c1-3-16-7-9(8-17)13(15-16)11-5-4-10(18-2)6-12(11)14/h4-8H,3H2,1-2H3. The molecule has 5 heteroatoms. The van der Waals surface area contributed by atoms with Crippen LogP contribution in [0.25, 0.3) is 11.3 Å². The molecule has 0 aliphatic rings. The fourth-order valence-electron chi connectivity index (χ4n) is 1.71. The van der Waals surface area contributed by atoms with Crippen molar-refractivity contribution in [2.75, 3.05) is 6.26 Å². The zero-order valence-corrected chi connectivity index (χ0v) is 11.8. The van der Waals surface area contributed by atoms with Crippen molar-refractivity contribution in [2.24, 2.45) is 0 Å². The Balaban J connectivity index is 2.54. The molecule has 0 N–H and O–H groups in total. The Labute approximate surface area is 115 Å². The maximum Gasteiger partial charge on any atom is 0.153 e. The summed E-state index contributed by atoms with van der Waals surface area (Å²) in [6.45, 7) is 2.70. The van der Waals surface area contributed by atoms with Crippen molar-refractivity contribution in [3.63, 3.8) is 0 Å². The molecule has 0 bridgehead atoms. The van der Waals surface area contributed by atoms with Gasteiger partial charge in [0, 0.05) is 23.2 Å². The number of hydrogen-bond donors (Lipinski definition) is 0. The molecule has 2 aromatic rings. The Morgan fingerprint density at radius 1 is 1.50 bits per heavy atom. The predicted molar refractivity (Wildman–Crippen MR) is 75.5 cm³/mol. The molecule has 0 aliphatic carbocycles. The highest BCUT2D eigenvalue weighted by molar-refractivity contribution is 7.98. The number of carbonyl (C=O) groups is 1. The molecule has 1 aromatic heterocycles. The summed E-state index contributed by atoms with van der Waals surface area (Å²) < 4.78 is 1.73. The topological polar surface area (TPSA) is 34.9 Å². The first kappa shape index (κ1) is 13.2. The average Bonchev–Trinajstić information content (AvgIpc) is 2.81. The Morgan fingerprint density at radius 2 is 2.28 bits per heavy atom. The third kappa shape index (κ3) is 2.44. The van der Waals surface area contributed by atoms with Gasteiger partial charge in [0.2, 0.25) is 0 Å². The van der Waals surface area contributed by atoms with E-state index in [9.17, 15) is 4.79 Å². The van der Waals surface area contributed by atoms with Gasteiger partial charge >= 0.3 is 0 Å². The van der Waals surface area contributed by atoms with Gasteiger partial charge in [0.1, 0.15) is 5.69 Å².